The van der Waals surface area contributed by atoms with Crippen LogP contribution in [0.2, 0.25) is 0 Å². The van der Waals surface area contributed by atoms with Crippen LogP contribution >= 0.6 is 11.8 Å². The number of amides is 1. The molecule has 22 heavy (non-hydrogen) atoms. The topological polar surface area (TPSA) is 41.6 Å². The van der Waals surface area contributed by atoms with Crippen molar-refractivity contribution >= 4 is 17.7 Å². The molecule has 2 aliphatic heterocycles. The minimum atomic E-state index is 0.114. The molecule has 2 fully saturated rings. The number of hydrogen-bond donors (Lipinski definition) is 1. The van der Waals surface area contributed by atoms with Gasteiger partial charge in [0.1, 0.15) is 0 Å². The molecule has 2 aliphatic rings. The number of carbonyl (C=O) groups is 1. The van der Waals surface area contributed by atoms with Crippen LogP contribution in [0.1, 0.15) is 24.4 Å². The SMILES string of the molecule is O=C(CN1CCSC[C@H]1c1ccccc1)NC[C@H]1CCCO1. The molecular weight excluding hydrogens is 296 g/mol. The Labute approximate surface area is 136 Å². The number of thioether (sulfide) groups is 1. The van der Waals surface area contributed by atoms with Crippen molar-refractivity contribution in [3.63, 3.8) is 0 Å². The van der Waals surface area contributed by atoms with E-state index in [1.54, 1.807) is 0 Å². The van der Waals surface area contributed by atoms with Crippen molar-refractivity contribution in [1.82, 2.24) is 10.2 Å². The number of nitrogens with zero attached hydrogens (tertiary/aromatic N) is 1. The van der Waals surface area contributed by atoms with Crippen molar-refractivity contribution in [3.05, 3.63) is 35.9 Å². The fraction of sp³-hybridized carbons (Fsp3) is 0.588. The van der Waals surface area contributed by atoms with Gasteiger partial charge in [-0.05, 0) is 18.4 Å². The maximum absolute atomic E-state index is 12.2. The molecule has 1 N–H and O–H groups in total. The van der Waals surface area contributed by atoms with E-state index < -0.39 is 0 Å². The molecule has 2 saturated heterocycles. The van der Waals surface area contributed by atoms with Crippen molar-refractivity contribution in [3.8, 4) is 0 Å². The zero-order valence-corrected chi connectivity index (χ0v) is 13.7. The lowest BCUT2D eigenvalue weighted by Crippen LogP contribution is -2.44. The van der Waals surface area contributed by atoms with Gasteiger partial charge in [-0.15, -0.1) is 0 Å². The minimum absolute atomic E-state index is 0.114. The van der Waals surface area contributed by atoms with E-state index in [1.165, 1.54) is 5.56 Å². The van der Waals surface area contributed by atoms with Gasteiger partial charge in [0.25, 0.3) is 0 Å². The third-order valence-electron chi connectivity index (χ3n) is 4.32. The Morgan fingerprint density at radius 1 is 1.36 bits per heavy atom. The summed E-state index contributed by atoms with van der Waals surface area (Å²) >= 11 is 1.97. The van der Waals surface area contributed by atoms with Crippen LogP contribution in [0.25, 0.3) is 0 Å². The standard InChI is InChI=1S/C17H24N2O2S/c20-17(18-11-15-7-4-9-21-15)12-19-8-10-22-13-16(19)14-5-2-1-3-6-14/h1-3,5-6,15-16H,4,7-13H2,(H,18,20)/t15-,16+/m1/s1. The van der Waals surface area contributed by atoms with Gasteiger partial charge in [0.15, 0.2) is 0 Å². The fourth-order valence-corrected chi connectivity index (χ4v) is 4.24. The first-order chi connectivity index (χ1) is 10.8. The lowest BCUT2D eigenvalue weighted by atomic mass is 10.1. The summed E-state index contributed by atoms with van der Waals surface area (Å²) in [5.74, 6) is 2.27. The molecule has 2 heterocycles. The molecule has 2 atom stereocenters. The summed E-state index contributed by atoms with van der Waals surface area (Å²) in [5, 5.41) is 3.03. The molecule has 3 rings (SSSR count). The van der Waals surface area contributed by atoms with Crippen LogP contribution in [0, 0.1) is 0 Å². The zero-order valence-electron chi connectivity index (χ0n) is 12.9. The number of ether oxygens (including phenoxy) is 1. The molecule has 0 aliphatic carbocycles. The second-order valence-electron chi connectivity index (χ2n) is 5.91. The molecule has 0 saturated carbocycles. The number of nitrogens with one attached hydrogen (secondary N) is 1. The van der Waals surface area contributed by atoms with Crippen molar-refractivity contribution < 1.29 is 9.53 Å². The average Bonchev–Trinajstić information content (AvgIpc) is 3.08. The molecule has 1 aromatic rings. The number of hydrogen-bond acceptors (Lipinski definition) is 4. The largest absolute Gasteiger partial charge is 0.376 e. The molecule has 0 bridgehead atoms. The first-order valence-electron chi connectivity index (χ1n) is 8.08. The van der Waals surface area contributed by atoms with E-state index in [-0.39, 0.29) is 12.0 Å². The smallest absolute Gasteiger partial charge is 0.234 e. The van der Waals surface area contributed by atoms with Crippen LogP contribution in [-0.4, -0.2) is 54.7 Å². The summed E-state index contributed by atoms with van der Waals surface area (Å²) < 4.78 is 5.55. The van der Waals surface area contributed by atoms with Crippen LogP contribution in [0.4, 0.5) is 0 Å². The molecule has 0 unspecified atom stereocenters. The predicted molar refractivity (Wildman–Crippen MR) is 90.1 cm³/mol. The molecule has 0 radical (unpaired) electrons. The first kappa shape index (κ1) is 15.8. The molecule has 1 aromatic carbocycles. The third kappa shape index (κ3) is 4.24. The van der Waals surface area contributed by atoms with Gasteiger partial charge in [-0.25, -0.2) is 0 Å². The minimum Gasteiger partial charge on any atom is -0.376 e. The molecule has 120 valence electrons. The first-order valence-corrected chi connectivity index (χ1v) is 9.23. The van der Waals surface area contributed by atoms with Crippen LogP contribution in [0.5, 0.6) is 0 Å². The quantitative estimate of drug-likeness (QED) is 0.902. The summed E-state index contributed by atoms with van der Waals surface area (Å²) in [6.07, 6.45) is 2.39. The highest BCUT2D eigenvalue weighted by atomic mass is 32.2. The van der Waals surface area contributed by atoms with Gasteiger partial charge in [0.05, 0.1) is 12.6 Å². The van der Waals surface area contributed by atoms with Gasteiger partial charge >= 0.3 is 0 Å². The lowest BCUT2D eigenvalue weighted by molar-refractivity contribution is -0.123. The average molecular weight is 320 g/mol. The van der Waals surface area contributed by atoms with Gasteiger partial charge in [-0.1, -0.05) is 30.3 Å². The van der Waals surface area contributed by atoms with Crippen molar-refractivity contribution in [1.29, 1.82) is 0 Å². The molecule has 0 aromatic heterocycles. The number of rotatable bonds is 5. The molecule has 0 spiro atoms. The molecule has 4 nitrogen and oxygen atoms in total. The Balaban J connectivity index is 1.53. The van der Waals surface area contributed by atoms with Gasteiger partial charge in [-0.3, -0.25) is 9.69 Å². The van der Waals surface area contributed by atoms with E-state index in [0.29, 0.717) is 19.1 Å². The van der Waals surface area contributed by atoms with Crippen LogP contribution < -0.4 is 5.32 Å². The lowest BCUT2D eigenvalue weighted by Gasteiger charge is -2.35. The molecule has 1 amide bonds. The Bertz CT molecular complexity index is 477. The van der Waals surface area contributed by atoms with E-state index >= 15 is 0 Å². The van der Waals surface area contributed by atoms with E-state index in [4.69, 9.17) is 4.74 Å². The van der Waals surface area contributed by atoms with Gasteiger partial charge in [0, 0.05) is 37.2 Å². The maximum atomic E-state index is 12.2. The van der Waals surface area contributed by atoms with E-state index in [9.17, 15) is 4.79 Å². The second kappa shape index (κ2) is 7.99. The fourth-order valence-electron chi connectivity index (χ4n) is 3.08. The summed E-state index contributed by atoms with van der Waals surface area (Å²) in [6.45, 7) is 2.93. The number of benzene rings is 1. The van der Waals surface area contributed by atoms with E-state index in [0.717, 1.165) is 37.5 Å². The Morgan fingerprint density at radius 3 is 3.00 bits per heavy atom. The van der Waals surface area contributed by atoms with E-state index in [2.05, 4.69) is 34.5 Å². The Kier molecular flexibility index (Phi) is 5.76. The second-order valence-corrected chi connectivity index (χ2v) is 7.06. The Hall–Kier alpha value is -1.04. The third-order valence-corrected chi connectivity index (χ3v) is 5.34. The maximum Gasteiger partial charge on any atom is 0.234 e. The van der Waals surface area contributed by atoms with Gasteiger partial charge in [-0.2, -0.15) is 11.8 Å². The summed E-state index contributed by atoms with van der Waals surface area (Å²) in [7, 11) is 0. The monoisotopic (exact) mass is 320 g/mol. The van der Waals surface area contributed by atoms with Crippen molar-refractivity contribution in [2.24, 2.45) is 0 Å². The zero-order chi connectivity index (χ0) is 15.2. The highest BCUT2D eigenvalue weighted by molar-refractivity contribution is 7.99. The number of carbonyl (C=O) groups excluding carboxylic acids is 1. The normalized spacial score (nSPS) is 26.0. The van der Waals surface area contributed by atoms with Gasteiger partial charge in [0.2, 0.25) is 5.91 Å². The molecular formula is C17H24N2O2S. The van der Waals surface area contributed by atoms with Crippen molar-refractivity contribution in [2.45, 2.75) is 25.0 Å². The van der Waals surface area contributed by atoms with Gasteiger partial charge < -0.3 is 10.1 Å². The van der Waals surface area contributed by atoms with Crippen LogP contribution in [0.3, 0.4) is 0 Å². The summed E-state index contributed by atoms with van der Waals surface area (Å²) in [5.41, 5.74) is 1.31. The Morgan fingerprint density at radius 2 is 2.23 bits per heavy atom. The van der Waals surface area contributed by atoms with Crippen molar-refractivity contribution in [2.75, 3.05) is 37.7 Å². The van der Waals surface area contributed by atoms with Crippen LogP contribution in [0.15, 0.2) is 30.3 Å². The van der Waals surface area contributed by atoms with Crippen LogP contribution in [-0.2, 0) is 9.53 Å². The van der Waals surface area contributed by atoms with E-state index in [1.807, 2.05) is 17.8 Å². The highest BCUT2D eigenvalue weighted by Gasteiger charge is 2.26. The molecule has 5 heteroatoms. The summed E-state index contributed by atoms with van der Waals surface area (Å²) in [4.78, 5) is 14.5. The highest BCUT2D eigenvalue weighted by Crippen LogP contribution is 2.28. The summed E-state index contributed by atoms with van der Waals surface area (Å²) in [6, 6.07) is 10.8. The predicted octanol–water partition coefficient (Wildman–Crippen LogP) is 2.07.